The van der Waals surface area contributed by atoms with Gasteiger partial charge in [-0.3, -0.25) is 4.79 Å². The summed E-state index contributed by atoms with van der Waals surface area (Å²) in [5, 5.41) is 0. The fourth-order valence-corrected chi connectivity index (χ4v) is 1.26. The van der Waals surface area contributed by atoms with Crippen molar-refractivity contribution in [2.75, 3.05) is 0 Å². The fraction of sp³-hybridized carbons (Fsp3) is 0.0833. The number of benzene rings is 1. The first-order valence-corrected chi connectivity index (χ1v) is 4.81. The van der Waals surface area contributed by atoms with Crippen molar-refractivity contribution < 1.29 is 13.9 Å². The number of hydrogen-bond donors (Lipinski definition) is 1. The topological polar surface area (TPSA) is 65.5 Å². The smallest absolute Gasteiger partial charge is 0.248 e. The summed E-state index contributed by atoms with van der Waals surface area (Å²) in [7, 11) is 0. The maximum Gasteiger partial charge on any atom is 0.248 e. The maximum atomic E-state index is 10.8. The van der Waals surface area contributed by atoms with Gasteiger partial charge in [0.05, 0.1) is 6.26 Å². The summed E-state index contributed by atoms with van der Waals surface area (Å²) in [5.41, 5.74) is 5.58. The third-order valence-corrected chi connectivity index (χ3v) is 2.10. The van der Waals surface area contributed by atoms with Crippen LogP contribution in [0, 0.1) is 0 Å². The predicted molar refractivity (Wildman–Crippen MR) is 58.0 cm³/mol. The zero-order chi connectivity index (χ0) is 11.4. The number of primary amides is 1. The number of hydrogen-bond acceptors (Lipinski definition) is 3. The Labute approximate surface area is 92.6 Å². The Morgan fingerprint density at radius 1 is 1.25 bits per heavy atom. The molecular formula is C12H11NO3. The van der Waals surface area contributed by atoms with E-state index in [0.29, 0.717) is 17.9 Å². The van der Waals surface area contributed by atoms with E-state index in [4.69, 9.17) is 14.9 Å². The van der Waals surface area contributed by atoms with Crippen molar-refractivity contribution in [1.82, 2.24) is 0 Å². The number of amides is 1. The zero-order valence-corrected chi connectivity index (χ0v) is 8.55. The van der Waals surface area contributed by atoms with Crippen molar-refractivity contribution in [3.8, 4) is 5.75 Å². The molecule has 1 aromatic carbocycles. The van der Waals surface area contributed by atoms with Gasteiger partial charge in [-0.1, -0.05) is 0 Å². The Morgan fingerprint density at radius 3 is 2.56 bits per heavy atom. The molecule has 2 N–H and O–H groups in total. The van der Waals surface area contributed by atoms with E-state index >= 15 is 0 Å². The van der Waals surface area contributed by atoms with Gasteiger partial charge in [0.1, 0.15) is 18.1 Å². The van der Waals surface area contributed by atoms with Gasteiger partial charge in [0, 0.05) is 5.56 Å². The number of ether oxygens (including phenoxy) is 1. The Hall–Kier alpha value is -2.23. The van der Waals surface area contributed by atoms with Crippen LogP contribution in [0.15, 0.2) is 47.1 Å². The lowest BCUT2D eigenvalue weighted by molar-refractivity contribution is 0.1000. The quantitative estimate of drug-likeness (QED) is 0.851. The summed E-state index contributed by atoms with van der Waals surface area (Å²) in [6, 6.07) is 10.3. The van der Waals surface area contributed by atoms with E-state index in [0.717, 1.165) is 5.76 Å². The highest BCUT2D eigenvalue weighted by Crippen LogP contribution is 2.14. The van der Waals surface area contributed by atoms with Crippen molar-refractivity contribution in [2.45, 2.75) is 6.61 Å². The monoisotopic (exact) mass is 217 g/mol. The molecule has 0 fully saturated rings. The normalized spacial score (nSPS) is 10.0. The molecule has 1 aromatic heterocycles. The van der Waals surface area contributed by atoms with Crippen LogP contribution in [0.25, 0.3) is 0 Å². The summed E-state index contributed by atoms with van der Waals surface area (Å²) in [5.74, 6) is 0.970. The fourth-order valence-electron chi connectivity index (χ4n) is 1.26. The number of carbonyl (C=O) groups is 1. The van der Waals surface area contributed by atoms with Gasteiger partial charge < -0.3 is 14.9 Å². The Balaban J connectivity index is 1.98. The summed E-state index contributed by atoms with van der Waals surface area (Å²) in [4.78, 5) is 10.8. The van der Waals surface area contributed by atoms with E-state index in [1.54, 1.807) is 36.6 Å². The molecule has 16 heavy (non-hydrogen) atoms. The zero-order valence-electron chi connectivity index (χ0n) is 8.55. The summed E-state index contributed by atoms with van der Waals surface area (Å²) in [6.45, 7) is 0.364. The number of carbonyl (C=O) groups excluding carboxylic acids is 1. The third-order valence-electron chi connectivity index (χ3n) is 2.10. The molecule has 2 aromatic rings. The number of nitrogens with two attached hydrogens (primary N) is 1. The van der Waals surface area contributed by atoms with E-state index in [2.05, 4.69) is 0 Å². The standard InChI is InChI=1S/C12H11NO3/c13-12(14)9-3-5-10(6-4-9)16-8-11-2-1-7-15-11/h1-7H,8H2,(H2,13,14). The van der Waals surface area contributed by atoms with Crippen LogP contribution in [0.5, 0.6) is 5.75 Å². The average molecular weight is 217 g/mol. The van der Waals surface area contributed by atoms with Crippen LogP contribution in [-0.2, 0) is 6.61 Å². The van der Waals surface area contributed by atoms with Crippen LogP contribution in [-0.4, -0.2) is 5.91 Å². The van der Waals surface area contributed by atoms with Gasteiger partial charge in [-0.25, -0.2) is 0 Å². The summed E-state index contributed by atoms with van der Waals surface area (Å²) >= 11 is 0. The Bertz CT molecular complexity index is 460. The second-order valence-electron chi connectivity index (χ2n) is 3.26. The second kappa shape index (κ2) is 4.53. The number of rotatable bonds is 4. The first-order chi connectivity index (χ1) is 7.75. The highest BCUT2D eigenvalue weighted by Gasteiger charge is 2.01. The molecule has 0 radical (unpaired) electrons. The minimum atomic E-state index is -0.447. The Kier molecular flexibility index (Phi) is 2.91. The van der Waals surface area contributed by atoms with E-state index in [1.165, 1.54) is 0 Å². The van der Waals surface area contributed by atoms with E-state index in [-0.39, 0.29) is 0 Å². The molecule has 0 bridgehead atoms. The predicted octanol–water partition coefficient (Wildman–Crippen LogP) is 1.96. The molecule has 4 nitrogen and oxygen atoms in total. The lowest BCUT2D eigenvalue weighted by Crippen LogP contribution is -2.10. The molecule has 0 aliphatic rings. The van der Waals surface area contributed by atoms with Crippen molar-refractivity contribution in [3.05, 3.63) is 54.0 Å². The molecular weight excluding hydrogens is 206 g/mol. The molecule has 0 saturated heterocycles. The van der Waals surface area contributed by atoms with Crippen LogP contribution in [0.2, 0.25) is 0 Å². The van der Waals surface area contributed by atoms with Crippen LogP contribution in [0.1, 0.15) is 16.1 Å². The molecule has 82 valence electrons. The largest absolute Gasteiger partial charge is 0.486 e. The van der Waals surface area contributed by atoms with Crippen molar-refractivity contribution in [1.29, 1.82) is 0 Å². The van der Waals surface area contributed by atoms with Gasteiger partial charge in [-0.2, -0.15) is 0 Å². The summed E-state index contributed by atoms with van der Waals surface area (Å²) < 4.78 is 10.6. The highest BCUT2D eigenvalue weighted by molar-refractivity contribution is 5.92. The first-order valence-electron chi connectivity index (χ1n) is 4.81. The molecule has 0 atom stereocenters. The van der Waals surface area contributed by atoms with Gasteiger partial charge >= 0.3 is 0 Å². The number of furan rings is 1. The van der Waals surface area contributed by atoms with Gasteiger partial charge in [-0.05, 0) is 36.4 Å². The summed E-state index contributed by atoms with van der Waals surface area (Å²) in [6.07, 6.45) is 1.59. The first kappa shape index (κ1) is 10.3. The van der Waals surface area contributed by atoms with Gasteiger partial charge in [0.2, 0.25) is 5.91 Å². The van der Waals surface area contributed by atoms with Gasteiger partial charge in [-0.15, -0.1) is 0 Å². The molecule has 0 aliphatic carbocycles. The molecule has 4 heteroatoms. The van der Waals surface area contributed by atoms with Crippen LogP contribution >= 0.6 is 0 Å². The molecule has 0 spiro atoms. The van der Waals surface area contributed by atoms with Crippen LogP contribution in [0.3, 0.4) is 0 Å². The van der Waals surface area contributed by atoms with E-state index in [1.807, 2.05) is 6.07 Å². The lowest BCUT2D eigenvalue weighted by atomic mass is 10.2. The molecule has 0 saturated carbocycles. The molecule has 0 aliphatic heterocycles. The van der Waals surface area contributed by atoms with Gasteiger partial charge in [0.25, 0.3) is 0 Å². The molecule has 1 amide bonds. The van der Waals surface area contributed by atoms with Crippen molar-refractivity contribution in [3.63, 3.8) is 0 Å². The minimum Gasteiger partial charge on any atom is -0.486 e. The van der Waals surface area contributed by atoms with Gasteiger partial charge in [0.15, 0.2) is 0 Å². The average Bonchev–Trinajstić information content (AvgIpc) is 2.80. The SMILES string of the molecule is NC(=O)c1ccc(OCc2ccco2)cc1. The Morgan fingerprint density at radius 2 is 2.00 bits per heavy atom. The molecule has 0 unspecified atom stereocenters. The minimum absolute atomic E-state index is 0.364. The second-order valence-corrected chi connectivity index (χ2v) is 3.26. The van der Waals surface area contributed by atoms with Crippen LogP contribution < -0.4 is 10.5 Å². The maximum absolute atomic E-state index is 10.8. The van der Waals surface area contributed by atoms with Crippen molar-refractivity contribution in [2.24, 2.45) is 5.73 Å². The van der Waals surface area contributed by atoms with E-state index < -0.39 is 5.91 Å². The lowest BCUT2D eigenvalue weighted by Gasteiger charge is -2.04. The van der Waals surface area contributed by atoms with Crippen LogP contribution in [0.4, 0.5) is 0 Å². The van der Waals surface area contributed by atoms with Crippen molar-refractivity contribution >= 4 is 5.91 Å². The highest BCUT2D eigenvalue weighted by atomic mass is 16.5. The molecule has 1 heterocycles. The third kappa shape index (κ3) is 2.42. The van der Waals surface area contributed by atoms with E-state index in [9.17, 15) is 4.79 Å². The molecule has 2 rings (SSSR count).